The molecule has 6 nitrogen and oxygen atoms in total. The molecule has 0 atom stereocenters. The van der Waals surface area contributed by atoms with Gasteiger partial charge in [0.15, 0.2) is 5.65 Å². The molecule has 6 heteroatoms. The van der Waals surface area contributed by atoms with Crippen molar-refractivity contribution >= 4 is 55.8 Å². The Hall–Kier alpha value is -4.32. The van der Waals surface area contributed by atoms with Gasteiger partial charge in [0.25, 0.3) is 5.95 Å². The molecule has 0 spiro atoms. The summed E-state index contributed by atoms with van der Waals surface area (Å²) < 4.78 is 0. The molecule has 0 aliphatic carbocycles. The first-order valence-electron chi connectivity index (χ1n) is 10.1. The fraction of sp³-hybridized carbons (Fsp3) is 0.0400. The number of H-pyrrole nitrogens is 1. The third-order valence-corrected chi connectivity index (χ3v) is 5.54. The largest absolute Gasteiger partial charge is 0.338 e. The smallest absolute Gasteiger partial charge is 0.265 e. The van der Waals surface area contributed by atoms with Crippen LogP contribution in [0.25, 0.3) is 43.6 Å². The molecule has 0 radical (unpaired) electrons. The van der Waals surface area contributed by atoms with E-state index in [0.29, 0.717) is 11.6 Å². The maximum absolute atomic E-state index is 4.54. The van der Waals surface area contributed by atoms with Gasteiger partial charge in [-0.15, -0.1) is 10.2 Å². The number of nitrogens with one attached hydrogen (secondary N) is 2. The molecule has 6 aromatic rings. The van der Waals surface area contributed by atoms with Crippen molar-refractivity contribution in [3.63, 3.8) is 0 Å². The van der Waals surface area contributed by atoms with E-state index in [-0.39, 0.29) is 0 Å². The van der Waals surface area contributed by atoms with Crippen LogP contribution < -0.4 is 5.43 Å². The molecule has 0 aliphatic rings. The number of aromatic nitrogens is 4. The van der Waals surface area contributed by atoms with Crippen molar-refractivity contribution < 1.29 is 0 Å². The van der Waals surface area contributed by atoms with Gasteiger partial charge in [0, 0.05) is 16.5 Å². The van der Waals surface area contributed by atoms with E-state index in [0.717, 1.165) is 32.8 Å². The lowest BCUT2D eigenvalue weighted by atomic mass is 9.97. The fourth-order valence-electron chi connectivity index (χ4n) is 4.08. The lowest BCUT2D eigenvalue weighted by Crippen LogP contribution is -1.99. The van der Waals surface area contributed by atoms with Gasteiger partial charge in [-0.1, -0.05) is 60.2 Å². The first-order valence-corrected chi connectivity index (χ1v) is 10.1. The number of nitrogens with zero attached hydrogens (tertiary/aromatic N) is 4. The van der Waals surface area contributed by atoms with Gasteiger partial charge in [-0.25, -0.2) is 5.43 Å². The number of aromatic amines is 1. The Bertz CT molecular complexity index is 1580. The first-order chi connectivity index (χ1) is 15.3. The highest BCUT2D eigenvalue weighted by Crippen LogP contribution is 2.27. The second-order valence-electron chi connectivity index (χ2n) is 7.61. The summed E-state index contributed by atoms with van der Waals surface area (Å²) in [5.74, 6) is 0.344. The number of aryl methyl sites for hydroxylation is 1. The van der Waals surface area contributed by atoms with E-state index < -0.39 is 0 Å². The average molecular weight is 402 g/mol. The molecule has 0 amide bonds. The zero-order valence-electron chi connectivity index (χ0n) is 16.8. The normalized spacial score (nSPS) is 11.9. The molecule has 0 bridgehead atoms. The van der Waals surface area contributed by atoms with E-state index in [2.05, 4.69) is 80.1 Å². The SMILES string of the molecule is Cc1ccc2[nH]c3nc(NN=Cc4c5ccccc5cc5ccccc45)nnc3c2c1. The van der Waals surface area contributed by atoms with Crippen molar-refractivity contribution in [2.24, 2.45) is 5.10 Å². The van der Waals surface area contributed by atoms with Crippen LogP contribution in [0.5, 0.6) is 0 Å². The number of benzene rings is 4. The summed E-state index contributed by atoms with van der Waals surface area (Å²) in [6, 6.07) is 25.0. The topological polar surface area (TPSA) is 78.9 Å². The zero-order chi connectivity index (χ0) is 20.8. The summed E-state index contributed by atoms with van der Waals surface area (Å²) in [5.41, 5.74) is 7.59. The Morgan fingerprint density at radius 1 is 0.839 bits per heavy atom. The van der Waals surface area contributed by atoms with Crippen molar-refractivity contribution in [2.75, 3.05) is 5.43 Å². The quantitative estimate of drug-likeness (QED) is 0.230. The van der Waals surface area contributed by atoms with Gasteiger partial charge >= 0.3 is 0 Å². The van der Waals surface area contributed by atoms with Gasteiger partial charge in [-0.05, 0) is 46.7 Å². The minimum Gasteiger partial charge on any atom is -0.338 e. The molecule has 2 N–H and O–H groups in total. The number of rotatable bonds is 3. The van der Waals surface area contributed by atoms with Gasteiger partial charge in [0.2, 0.25) is 0 Å². The van der Waals surface area contributed by atoms with Gasteiger partial charge < -0.3 is 4.98 Å². The standard InChI is InChI=1S/C25H18N6/c1-15-10-11-22-20(12-15)23-24(27-22)28-25(31-29-23)30-26-14-21-18-8-4-2-6-16(18)13-17-7-3-5-9-19(17)21/h2-14H,1H3,(H2,27,28,30,31). The second-order valence-corrected chi connectivity index (χ2v) is 7.61. The van der Waals surface area contributed by atoms with E-state index >= 15 is 0 Å². The highest BCUT2D eigenvalue weighted by molar-refractivity contribution is 6.13. The summed E-state index contributed by atoms with van der Waals surface area (Å²) in [6.07, 6.45) is 1.83. The Morgan fingerprint density at radius 3 is 2.35 bits per heavy atom. The number of hydrogen-bond acceptors (Lipinski definition) is 5. The third-order valence-electron chi connectivity index (χ3n) is 5.54. The highest BCUT2D eigenvalue weighted by atomic mass is 15.4. The van der Waals surface area contributed by atoms with Crippen LogP contribution in [0, 0.1) is 6.92 Å². The fourth-order valence-corrected chi connectivity index (χ4v) is 4.08. The summed E-state index contributed by atoms with van der Waals surface area (Å²) >= 11 is 0. The van der Waals surface area contributed by atoms with Crippen molar-refractivity contribution in [3.05, 3.63) is 83.9 Å². The monoisotopic (exact) mass is 402 g/mol. The van der Waals surface area contributed by atoms with Crippen LogP contribution in [0.1, 0.15) is 11.1 Å². The molecule has 31 heavy (non-hydrogen) atoms. The molecule has 2 heterocycles. The summed E-state index contributed by atoms with van der Waals surface area (Å²) in [6.45, 7) is 2.06. The van der Waals surface area contributed by atoms with Crippen LogP contribution in [0.2, 0.25) is 0 Å². The molecule has 4 aromatic carbocycles. The number of anilines is 1. The maximum atomic E-state index is 4.54. The third kappa shape index (κ3) is 2.97. The van der Waals surface area contributed by atoms with E-state index in [1.54, 1.807) is 0 Å². The molecule has 0 saturated carbocycles. The molecule has 0 unspecified atom stereocenters. The molecule has 6 rings (SSSR count). The van der Waals surface area contributed by atoms with Crippen molar-refractivity contribution in [2.45, 2.75) is 6.92 Å². The van der Waals surface area contributed by atoms with Crippen molar-refractivity contribution in [1.82, 2.24) is 20.2 Å². The van der Waals surface area contributed by atoms with E-state index in [4.69, 9.17) is 0 Å². The van der Waals surface area contributed by atoms with E-state index in [1.807, 2.05) is 36.5 Å². The number of hydrogen-bond donors (Lipinski definition) is 2. The summed E-state index contributed by atoms with van der Waals surface area (Å²) in [4.78, 5) is 7.84. The Labute approximate surface area is 177 Å². The van der Waals surface area contributed by atoms with Crippen molar-refractivity contribution in [1.29, 1.82) is 0 Å². The van der Waals surface area contributed by atoms with Crippen LogP contribution in [0.15, 0.2) is 77.9 Å². The molecule has 2 aromatic heterocycles. The molecule has 0 fully saturated rings. The van der Waals surface area contributed by atoms with Gasteiger partial charge in [-0.2, -0.15) is 10.1 Å². The van der Waals surface area contributed by atoms with Crippen molar-refractivity contribution in [3.8, 4) is 0 Å². The molecular formula is C25H18N6. The predicted octanol–water partition coefficient (Wildman–Crippen LogP) is 5.57. The van der Waals surface area contributed by atoms with E-state index in [1.165, 1.54) is 16.3 Å². The molecule has 0 aliphatic heterocycles. The number of hydrazone groups is 1. The Kier molecular flexibility index (Phi) is 3.89. The predicted molar refractivity (Wildman–Crippen MR) is 127 cm³/mol. The zero-order valence-corrected chi connectivity index (χ0v) is 16.8. The van der Waals surface area contributed by atoms with Crippen LogP contribution in [0.3, 0.4) is 0 Å². The minimum absolute atomic E-state index is 0.344. The van der Waals surface area contributed by atoms with E-state index in [9.17, 15) is 0 Å². The van der Waals surface area contributed by atoms with Crippen LogP contribution in [0.4, 0.5) is 5.95 Å². The molecular weight excluding hydrogens is 384 g/mol. The lowest BCUT2D eigenvalue weighted by molar-refractivity contribution is 1.01. The van der Waals surface area contributed by atoms with Gasteiger partial charge in [0.05, 0.1) is 6.21 Å². The van der Waals surface area contributed by atoms with Crippen LogP contribution >= 0.6 is 0 Å². The highest BCUT2D eigenvalue weighted by Gasteiger charge is 2.09. The second kappa shape index (κ2) is 6.88. The van der Waals surface area contributed by atoms with Gasteiger partial charge in [0.1, 0.15) is 5.52 Å². The Balaban J connectivity index is 1.39. The number of fused-ring (bicyclic) bond motifs is 5. The lowest BCUT2D eigenvalue weighted by Gasteiger charge is -2.07. The summed E-state index contributed by atoms with van der Waals surface area (Å²) in [7, 11) is 0. The first kappa shape index (κ1) is 17.5. The minimum atomic E-state index is 0.344. The average Bonchev–Trinajstić information content (AvgIpc) is 3.15. The summed E-state index contributed by atoms with van der Waals surface area (Å²) in [5, 5.41) is 18.7. The van der Waals surface area contributed by atoms with Crippen LogP contribution in [-0.4, -0.2) is 26.4 Å². The Morgan fingerprint density at radius 2 is 1.58 bits per heavy atom. The maximum Gasteiger partial charge on any atom is 0.265 e. The molecule has 148 valence electrons. The van der Waals surface area contributed by atoms with Gasteiger partial charge in [-0.3, -0.25) is 0 Å². The van der Waals surface area contributed by atoms with Crippen LogP contribution in [-0.2, 0) is 0 Å². The molecule has 0 saturated heterocycles.